The van der Waals surface area contributed by atoms with Crippen molar-refractivity contribution in [3.63, 3.8) is 0 Å². The van der Waals surface area contributed by atoms with Gasteiger partial charge in [0.2, 0.25) is 0 Å². The van der Waals surface area contributed by atoms with Crippen LogP contribution in [0.1, 0.15) is 20.3 Å². The zero-order chi connectivity index (χ0) is 13.1. The lowest BCUT2D eigenvalue weighted by Gasteiger charge is -2.27. The molecule has 5 heteroatoms. The lowest BCUT2D eigenvalue weighted by Crippen LogP contribution is -2.30. The second-order valence-corrected chi connectivity index (χ2v) is 4.28. The molecule has 0 amide bonds. The van der Waals surface area contributed by atoms with Crippen LogP contribution in [0.3, 0.4) is 0 Å². The van der Waals surface area contributed by atoms with Crippen LogP contribution < -0.4 is 5.73 Å². The van der Waals surface area contributed by atoms with Gasteiger partial charge in [0.1, 0.15) is 6.61 Å². The van der Waals surface area contributed by atoms with Crippen LogP contribution in [-0.2, 0) is 4.74 Å². The largest absolute Gasteiger partial charge is 0.411 e. The minimum Gasteiger partial charge on any atom is -0.364 e. The Labute approximate surface area is 99.3 Å². The summed E-state index contributed by atoms with van der Waals surface area (Å²) in [6.45, 7) is 2.50. The predicted octanol–water partition coefficient (Wildman–Crippen LogP) is 2.80. The van der Waals surface area contributed by atoms with Crippen molar-refractivity contribution in [2.24, 2.45) is 11.7 Å². The number of alkyl halides is 3. The zero-order valence-electron chi connectivity index (χ0n) is 10.00. The normalized spacial score (nSPS) is 26.8. The third-order valence-electron chi connectivity index (χ3n) is 2.75. The molecule has 17 heavy (non-hydrogen) atoms. The van der Waals surface area contributed by atoms with E-state index in [1.807, 2.05) is 19.1 Å². The van der Waals surface area contributed by atoms with Crippen molar-refractivity contribution >= 4 is 0 Å². The fourth-order valence-electron chi connectivity index (χ4n) is 1.75. The molecule has 0 aromatic rings. The molecule has 0 aromatic heterocycles. The van der Waals surface area contributed by atoms with Gasteiger partial charge in [0, 0.05) is 12.0 Å². The molecule has 0 radical (unpaired) electrons. The van der Waals surface area contributed by atoms with Gasteiger partial charge in [-0.15, -0.1) is 0 Å². The Hall–Kier alpha value is -0.810. The van der Waals surface area contributed by atoms with E-state index in [9.17, 15) is 13.2 Å². The summed E-state index contributed by atoms with van der Waals surface area (Å²) in [6, 6.07) is -0.193. The zero-order valence-corrected chi connectivity index (χ0v) is 10.00. The molecule has 0 spiro atoms. The van der Waals surface area contributed by atoms with Crippen LogP contribution in [-0.4, -0.2) is 24.9 Å². The van der Waals surface area contributed by atoms with Gasteiger partial charge in [-0.1, -0.05) is 25.2 Å². The van der Waals surface area contributed by atoms with Gasteiger partial charge in [-0.2, -0.15) is 13.2 Å². The van der Waals surface area contributed by atoms with Crippen LogP contribution in [0.25, 0.3) is 0 Å². The number of halogens is 3. The summed E-state index contributed by atoms with van der Waals surface area (Å²) in [5.74, 6) is -0.0140. The fraction of sp³-hybridized carbons (Fsp3) is 0.667. The number of nitrogens with two attached hydrogens (primary N) is 1. The third kappa shape index (κ3) is 4.52. The topological polar surface area (TPSA) is 35.2 Å². The van der Waals surface area contributed by atoms with E-state index >= 15 is 0 Å². The summed E-state index contributed by atoms with van der Waals surface area (Å²) in [7, 11) is 0. The summed E-state index contributed by atoms with van der Waals surface area (Å²) in [4.78, 5) is 0. The van der Waals surface area contributed by atoms with Crippen LogP contribution >= 0.6 is 0 Å². The maximum Gasteiger partial charge on any atom is 0.411 e. The van der Waals surface area contributed by atoms with Crippen molar-refractivity contribution in [3.8, 4) is 0 Å². The van der Waals surface area contributed by atoms with Crippen LogP contribution in [0.15, 0.2) is 23.8 Å². The highest BCUT2D eigenvalue weighted by Crippen LogP contribution is 2.26. The van der Waals surface area contributed by atoms with Crippen molar-refractivity contribution in [1.29, 1.82) is 0 Å². The monoisotopic (exact) mass is 249 g/mol. The molecule has 2 N–H and O–H groups in total. The van der Waals surface area contributed by atoms with E-state index in [-0.39, 0.29) is 12.0 Å². The Bertz CT molecular complexity index is 307. The molecule has 0 heterocycles. The standard InChI is InChI=1S/C12H18F3NO/c1-3-9-4-5-10(8(2)16)6-11(9)17-7-12(13,14)15/h4-6,8-9,11H,3,7,16H2,1-2H3. The van der Waals surface area contributed by atoms with E-state index in [0.717, 1.165) is 12.0 Å². The second kappa shape index (κ2) is 5.69. The SMILES string of the molecule is CCC1C=CC(C(C)N)=CC1OCC(F)(F)F. The Kier molecular flexibility index (Phi) is 4.77. The smallest absolute Gasteiger partial charge is 0.364 e. The molecule has 0 saturated heterocycles. The molecule has 0 bridgehead atoms. The molecule has 1 rings (SSSR count). The minimum absolute atomic E-state index is 0.0140. The second-order valence-electron chi connectivity index (χ2n) is 4.28. The summed E-state index contributed by atoms with van der Waals surface area (Å²) < 4.78 is 41.3. The first-order valence-corrected chi connectivity index (χ1v) is 5.67. The molecule has 3 unspecified atom stereocenters. The van der Waals surface area contributed by atoms with Gasteiger partial charge in [0.15, 0.2) is 0 Å². The fourth-order valence-corrected chi connectivity index (χ4v) is 1.75. The lowest BCUT2D eigenvalue weighted by molar-refractivity contribution is -0.183. The van der Waals surface area contributed by atoms with Crippen LogP contribution in [0.4, 0.5) is 13.2 Å². The minimum atomic E-state index is -4.29. The summed E-state index contributed by atoms with van der Waals surface area (Å²) in [5, 5.41) is 0. The van der Waals surface area contributed by atoms with Gasteiger partial charge in [-0.05, 0) is 18.9 Å². The Morgan fingerprint density at radius 2 is 2.12 bits per heavy atom. The highest BCUT2D eigenvalue weighted by Gasteiger charge is 2.31. The van der Waals surface area contributed by atoms with E-state index in [1.54, 1.807) is 13.0 Å². The van der Waals surface area contributed by atoms with Gasteiger partial charge in [-0.3, -0.25) is 0 Å². The van der Waals surface area contributed by atoms with Gasteiger partial charge >= 0.3 is 6.18 Å². The Balaban J connectivity index is 2.68. The predicted molar refractivity (Wildman–Crippen MR) is 60.4 cm³/mol. The van der Waals surface area contributed by atoms with Crippen LogP contribution in [0.5, 0.6) is 0 Å². The molecule has 0 fully saturated rings. The van der Waals surface area contributed by atoms with E-state index in [2.05, 4.69) is 0 Å². The van der Waals surface area contributed by atoms with Gasteiger partial charge in [0.05, 0.1) is 6.10 Å². The van der Waals surface area contributed by atoms with Crippen molar-refractivity contribution < 1.29 is 17.9 Å². The van der Waals surface area contributed by atoms with E-state index in [0.29, 0.717) is 0 Å². The summed E-state index contributed by atoms with van der Waals surface area (Å²) in [6.07, 6.45) is 1.35. The molecule has 0 aromatic carbocycles. The maximum atomic E-state index is 12.1. The Morgan fingerprint density at radius 3 is 2.59 bits per heavy atom. The van der Waals surface area contributed by atoms with Crippen molar-refractivity contribution in [2.75, 3.05) is 6.61 Å². The van der Waals surface area contributed by atoms with Crippen molar-refractivity contribution in [1.82, 2.24) is 0 Å². The van der Waals surface area contributed by atoms with Crippen molar-refractivity contribution in [2.45, 2.75) is 38.6 Å². The molecule has 98 valence electrons. The first-order chi connectivity index (χ1) is 7.83. The van der Waals surface area contributed by atoms with Gasteiger partial charge < -0.3 is 10.5 Å². The highest BCUT2D eigenvalue weighted by atomic mass is 19.4. The van der Waals surface area contributed by atoms with Crippen LogP contribution in [0, 0.1) is 5.92 Å². The number of ether oxygens (including phenoxy) is 1. The summed E-state index contributed by atoms with van der Waals surface area (Å²) in [5.41, 5.74) is 6.52. The molecular weight excluding hydrogens is 231 g/mol. The van der Waals surface area contributed by atoms with E-state index in [1.165, 1.54) is 0 Å². The highest BCUT2D eigenvalue weighted by molar-refractivity contribution is 5.30. The first kappa shape index (κ1) is 14.3. The number of rotatable bonds is 4. The quantitative estimate of drug-likeness (QED) is 0.831. The maximum absolute atomic E-state index is 12.1. The van der Waals surface area contributed by atoms with Crippen molar-refractivity contribution in [3.05, 3.63) is 23.8 Å². The molecule has 0 saturated carbocycles. The molecular formula is C12H18F3NO. The van der Waals surface area contributed by atoms with Gasteiger partial charge in [0.25, 0.3) is 0 Å². The average molecular weight is 249 g/mol. The average Bonchev–Trinajstić information content (AvgIpc) is 2.24. The molecule has 1 aliphatic rings. The first-order valence-electron chi connectivity index (χ1n) is 5.67. The van der Waals surface area contributed by atoms with E-state index < -0.39 is 18.9 Å². The lowest BCUT2D eigenvalue weighted by atomic mass is 9.89. The molecule has 3 atom stereocenters. The molecule has 2 nitrogen and oxygen atoms in total. The molecule has 0 aliphatic heterocycles. The number of hydrogen-bond donors (Lipinski definition) is 1. The summed E-state index contributed by atoms with van der Waals surface area (Å²) >= 11 is 0. The third-order valence-corrected chi connectivity index (χ3v) is 2.75. The molecule has 1 aliphatic carbocycles. The van der Waals surface area contributed by atoms with Crippen LogP contribution in [0.2, 0.25) is 0 Å². The van der Waals surface area contributed by atoms with Gasteiger partial charge in [-0.25, -0.2) is 0 Å². The Morgan fingerprint density at radius 1 is 1.47 bits per heavy atom. The number of hydrogen-bond acceptors (Lipinski definition) is 2. The van der Waals surface area contributed by atoms with E-state index in [4.69, 9.17) is 10.5 Å².